The Bertz CT molecular complexity index is 882. The zero-order chi connectivity index (χ0) is 17.9. The van der Waals surface area contributed by atoms with E-state index in [1.165, 1.54) is 6.33 Å². The van der Waals surface area contributed by atoms with Crippen molar-refractivity contribution in [2.75, 3.05) is 13.1 Å². The van der Waals surface area contributed by atoms with Gasteiger partial charge in [-0.2, -0.15) is 5.10 Å². The van der Waals surface area contributed by atoms with Gasteiger partial charge in [0.05, 0.1) is 17.4 Å². The molecule has 0 radical (unpaired) electrons. The largest absolute Gasteiger partial charge is 0.391 e. The predicted octanol–water partition coefficient (Wildman–Crippen LogP) is 1.34. The van der Waals surface area contributed by atoms with Crippen LogP contribution in [-0.2, 0) is 6.42 Å². The molecule has 0 unspecified atom stereocenters. The molecule has 3 aromatic rings. The molecule has 1 aliphatic heterocycles. The molecule has 1 N–H and O–H groups in total. The molecule has 132 valence electrons. The van der Waals surface area contributed by atoms with Gasteiger partial charge in [-0.05, 0) is 36.2 Å². The zero-order valence-electron chi connectivity index (χ0n) is 14.1. The Morgan fingerprint density at radius 1 is 1.12 bits per heavy atom. The summed E-state index contributed by atoms with van der Waals surface area (Å²) in [6, 6.07) is 11.2. The Hall–Kier alpha value is -3.06. The molecule has 7 heteroatoms. The first-order valence-electron chi connectivity index (χ1n) is 8.52. The van der Waals surface area contributed by atoms with E-state index in [-0.39, 0.29) is 11.8 Å². The molecule has 3 heterocycles. The third kappa shape index (κ3) is 3.21. The van der Waals surface area contributed by atoms with E-state index in [4.69, 9.17) is 0 Å². The van der Waals surface area contributed by atoms with Crippen LogP contribution in [0.15, 0.2) is 61.4 Å². The number of β-amino-alcohol motifs (C(OH)–C–C–N with tert-alkyl or cyclic N) is 1. The molecular weight excluding hydrogens is 330 g/mol. The van der Waals surface area contributed by atoms with E-state index in [2.05, 4.69) is 15.1 Å². The van der Waals surface area contributed by atoms with Crippen LogP contribution < -0.4 is 0 Å². The Labute approximate surface area is 150 Å². The number of para-hydroxylation sites is 1. The molecule has 1 aliphatic rings. The van der Waals surface area contributed by atoms with Crippen molar-refractivity contribution >= 4 is 5.91 Å². The lowest BCUT2D eigenvalue weighted by Crippen LogP contribution is -2.30. The molecule has 0 aliphatic carbocycles. The second-order valence-corrected chi connectivity index (χ2v) is 6.45. The van der Waals surface area contributed by atoms with Gasteiger partial charge in [0.15, 0.2) is 0 Å². The van der Waals surface area contributed by atoms with E-state index < -0.39 is 6.10 Å². The fraction of sp³-hybridized carbons (Fsp3) is 0.263. The van der Waals surface area contributed by atoms with E-state index in [9.17, 15) is 9.90 Å². The summed E-state index contributed by atoms with van der Waals surface area (Å²) in [6.45, 7) is 0.855. The molecule has 26 heavy (non-hydrogen) atoms. The Morgan fingerprint density at radius 2 is 1.92 bits per heavy atom. The molecule has 0 spiro atoms. The molecule has 0 saturated carbocycles. The molecular formula is C19H19N5O2. The van der Waals surface area contributed by atoms with E-state index in [0.29, 0.717) is 24.3 Å². The van der Waals surface area contributed by atoms with Crippen LogP contribution >= 0.6 is 0 Å². The number of nitrogens with zero attached hydrogens (tertiary/aromatic N) is 5. The molecule has 2 aromatic heterocycles. The first-order valence-corrected chi connectivity index (χ1v) is 8.52. The number of hydrogen-bond donors (Lipinski definition) is 1. The quantitative estimate of drug-likeness (QED) is 0.768. The standard InChI is InChI=1S/C19H19N5O2/c25-18-11-23(10-15(18)9-14-5-7-20-8-6-14)19(26)16-3-1-2-4-17(16)24-13-21-12-22-24/h1-8,12-13,15,18,25H,9-11H2/t15-,18-/m1/s1. The summed E-state index contributed by atoms with van der Waals surface area (Å²) in [5, 5.41) is 14.6. The maximum Gasteiger partial charge on any atom is 0.256 e. The normalized spacial score (nSPS) is 19.7. The van der Waals surface area contributed by atoms with Gasteiger partial charge in [-0.15, -0.1) is 0 Å². The molecule has 0 bridgehead atoms. The minimum atomic E-state index is -0.536. The average Bonchev–Trinajstić information content (AvgIpc) is 3.33. The van der Waals surface area contributed by atoms with Gasteiger partial charge in [0, 0.05) is 31.4 Å². The van der Waals surface area contributed by atoms with Crippen molar-refractivity contribution in [3.8, 4) is 5.69 Å². The van der Waals surface area contributed by atoms with Crippen molar-refractivity contribution in [1.82, 2.24) is 24.6 Å². The molecule has 7 nitrogen and oxygen atoms in total. The van der Waals surface area contributed by atoms with Crippen LogP contribution in [-0.4, -0.2) is 54.9 Å². The van der Waals surface area contributed by atoms with Crippen LogP contribution in [0.2, 0.25) is 0 Å². The van der Waals surface area contributed by atoms with Gasteiger partial charge in [-0.1, -0.05) is 12.1 Å². The SMILES string of the molecule is O=C(c1ccccc1-n1cncn1)N1C[C@@H](Cc2ccncc2)[C@H](O)C1. The van der Waals surface area contributed by atoms with E-state index in [1.54, 1.807) is 34.4 Å². The molecule has 4 rings (SSSR count). The minimum absolute atomic E-state index is 0.0138. The highest BCUT2D eigenvalue weighted by Crippen LogP contribution is 2.24. The van der Waals surface area contributed by atoms with Crippen LogP contribution in [0.25, 0.3) is 5.69 Å². The average molecular weight is 349 g/mol. The number of carbonyl (C=O) groups excluding carboxylic acids is 1. The lowest BCUT2D eigenvalue weighted by atomic mass is 9.97. The van der Waals surface area contributed by atoms with Gasteiger partial charge < -0.3 is 10.0 Å². The number of amides is 1. The number of hydrogen-bond acceptors (Lipinski definition) is 5. The second-order valence-electron chi connectivity index (χ2n) is 6.45. The highest BCUT2D eigenvalue weighted by molar-refractivity contribution is 5.98. The number of benzene rings is 1. The summed E-state index contributed by atoms with van der Waals surface area (Å²) in [5.41, 5.74) is 2.35. The maximum absolute atomic E-state index is 13.0. The van der Waals surface area contributed by atoms with Crippen molar-refractivity contribution in [2.24, 2.45) is 5.92 Å². The van der Waals surface area contributed by atoms with Gasteiger partial charge in [0.2, 0.25) is 0 Å². The number of aromatic nitrogens is 4. The van der Waals surface area contributed by atoms with Crippen molar-refractivity contribution in [1.29, 1.82) is 0 Å². The number of rotatable bonds is 4. The smallest absolute Gasteiger partial charge is 0.256 e. The first-order chi connectivity index (χ1) is 12.7. The van der Waals surface area contributed by atoms with Crippen LogP contribution in [0.3, 0.4) is 0 Å². The highest BCUT2D eigenvalue weighted by atomic mass is 16.3. The van der Waals surface area contributed by atoms with E-state index >= 15 is 0 Å². The summed E-state index contributed by atoms with van der Waals surface area (Å²) < 4.78 is 1.58. The second kappa shape index (κ2) is 7.05. The molecule has 2 atom stereocenters. The first kappa shape index (κ1) is 16.4. The minimum Gasteiger partial charge on any atom is -0.391 e. The van der Waals surface area contributed by atoms with Gasteiger partial charge in [0.1, 0.15) is 12.7 Å². The van der Waals surface area contributed by atoms with Crippen LogP contribution in [0.1, 0.15) is 15.9 Å². The summed E-state index contributed by atoms with van der Waals surface area (Å²) >= 11 is 0. The van der Waals surface area contributed by atoms with E-state index in [1.807, 2.05) is 30.3 Å². The van der Waals surface area contributed by atoms with Crippen molar-refractivity contribution < 1.29 is 9.90 Å². The fourth-order valence-electron chi connectivity index (χ4n) is 3.40. The maximum atomic E-state index is 13.0. The fourth-order valence-corrected chi connectivity index (χ4v) is 3.40. The van der Waals surface area contributed by atoms with Gasteiger partial charge in [-0.25, -0.2) is 9.67 Å². The van der Waals surface area contributed by atoms with Gasteiger partial charge >= 0.3 is 0 Å². The Kier molecular flexibility index (Phi) is 4.45. The molecule has 1 saturated heterocycles. The number of aliphatic hydroxyl groups is 1. The molecule has 1 fully saturated rings. The third-order valence-electron chi connectivity index (χ3n) is 4.74. The van der Waals surface area contributed by atoms with Gasteiger partial charge in [-0.3, -0.25) is 9.78 Å². The lowest BCUT2D eigenvalue weighted by Gasteiger charge is -2.18. The van der Waals surface area contributed by atoms with Crippen molar-refractivity contribution in [2.45, 2.75) is 12.5 Å². The van der Waals surface area contributed by atoms with Crippen LogP contribution in [0.4, 0.5) is 0 Å². The Morgan fingerprint density at radius 3 is 2.69 bits per heavy atom. The molecule has 1 amide bonds. The zero-order valence-corrected chi connectivity index (χ0v) is 14.1. The summed E-state index contributed by atoms with van der Waals surface area (Å²) in [7, 11) is 0. The molecule has 1 aromatic carbocycles. The van der Waals surface area contributed by atoms with Crippen molar-refractivity contribution in [3.05, 3.63) is 72.6 Å². The number of carbonyl (C=O) groups is 1. The summed E-state index contributed by atoms with van der Waals surface area (Å²) in [4.78, 5) is 22.7. The summed E-state index contributed by atoms with van der Waals surface area (Å²) in [5.74, 6) is -0.0905. The number of likely N-dealkylation sites (tertiary alicyclic amines) is 1. The number of aliphatic hydroxyl groups excluding tert-OH is 1. The summed E-state index contributed by atoms with van der Waals surface area (Å²) in [6.07, 6.45) is 6.67. The number of pyridine rings is 1. The van der Waals surface area contributed by atoms with Crippen molar-refractivity contribution in [3.63, 3.8) is 0 Å². The van der Waals surface area contributed by atoms with Crippen LogP contribution in [0.5, 0.6) is 0 Å². The van der Waals surface area contributed by atoms with Crippen LogP contribution in [0, 0.1) is 5.92 Å². The third-order valence-corrected chi connectivity index (χ3v) is 4.74. The van der Waals surface area contributed by atoms with E-state index in [0.717, 1.165) is 12.0 Å². The Balaban J connectivity index is 1.53. The topological polar surface area (TPSA) is 84.1 Å². The lowest BCUT2D eigenvalue weighted by molar-refractivity contribution is 0.0764. The monoisotopic (exact) mass is 349 g/mol. The highest BCUT2D eigenvalue weighted by Gasteiger charge is 2.35. The van der Waals surface area contributed by atoms with Gasteiger partial charge in [0.25, 0.3) is 5.91 Å². The predicted molar refractivity (Wildman–Crippen MR) is 94.7 cm³/mol.